The van der Waals surface area contributed by atoms with Crippen LogP contribution in [-0.2, 0) is 11.3 Å². The minimum absolute atomic E-state index is 0.0700. The van der Waals surface area contributed by atoms with Gasteiger partial charge in [0.2, 0.25) is 5.91 Å². The van der Waals surface area contributed by atoms with Crippen LogP contribution in [0.3, 0.4) is 0 Å². The second-order valence-electron chi connectivity index (χ2n) is 8.44. The molecule has 1 aromatic carbocycles. The molecule has 7 heteroatoms. The fourth-order valence-electron chi connectivity index (χ4n) is 4.09. The van der Waals surface area contributed by atoms with E-state index in [1.807, 2.05) is 29.2 Å². The van der Waals surface area contributed by atoms with E-state index in [2.05, 4.69) is 29.2 Å². The number of rotatable bonds is 9. The molecule has 34 heavy (non-hydrogen) atoms. The minimum Gasteiger partial charge on any atom is -0.469 e. The van der Waals surface area contributed by atoms with Crippen molar-refractivity contribution < 1.29 is 18.4 Å². The monoisotopic (exact) mass is 461 g/mol. The first kappa shape index (κ1) is 23.6. The van der Waals surface area contributed by atoms with Gasteiger partial charge in [-0.3, -0.25) is 14.5 Å². The summed E-state index contributed by atoms with van der Waals surface area (Å²) in [5, 5.41) is 0. The average molecular weight is 462 g/mol. The molecule has 0 spiro atoms. The largest absolute Gasteiger partial charge is 0.469 e. The maximum atomic E-state index is 13.1. The van der Waals surface area contributed by atoms with Gasteiger partial charge in [0.05, 0.1) is 24.6 Å². The molecule has 0 aliphatic carbocycles. The zero-order valence-corrected chi connectivity index (χ0v) is 19.6. The van der Waals surface area contributed by atoms with E-state index in [1.165, 1.54) is 11.8 Å². The summed E-state index contributed by atoms with van der Waals surface area (Å²) in [6.45, 7) is 6.34. The number of carbonyl (C=O) groups is 2. The minimum atomic E-state index is -0.162. The molecule has 3 aromatic rings. The smallest absolute Gasteiger partial charge is 0.257 e. The first-order valence-electron chi connectivity index (χ1n) is 11.7. The molecule has 1 fully saturated rings. The van der Waals surface area contributed by atoms with Gasteiger partial charge in [0.1, 0.15) is 11.5 Å². The summed E-state index contributed by atoms with van der Waals surface area (Å²) in [7, 11) is 0. The van der Waals surface area contributed by atoms with Gasteiger partial charge in [-0.2, -0.15) is 0 Å². The average Bonchev–Trinajstić information content (AvgIpc) is 3.54. The van der Waals surface area contributed by atoms with E-state index in [9.17, 15) is 9.59 Å². The molecule has 1 saturated heterocycles. The third-order valence-corrected chi connectivity index (χ3v) is 6.10. The van der Waals surface area contributed by atoms with Crippen LogP contribution in [0.25, 0.3) is 6.08 Å². The summed E-state index contributed by atoms with van der Waals surface area (Å²) in [5.41, 5.74) is 1.70. The van der Waals surface area contributed by atoms with Gasteiger partial charge in [-0.05, 0) is 30.7 Å². The van der Waals surface area contributed by atoms with Crippen LogP contribution in [0, 0.1) is 6.92 Å². The van der Waals surface area contributed by atoms with E-state index in [-0.39, 0.29) is 18.2 Å². The summed E-state index contributed by atoms with van der Waals surface area (Å²) in [6, 6.07) is 15.5. The van der Waals surface area contributed by atoms with Crippen LogP contribution in [0.15, 0.2) is 76.0 Å². The molecule has 0 saturated carbocycles. The first-order valence-corrected chi connectivity index (χ1v) is 11.7. The van der Waals surface area contributed by atoms with Crippen LogP contribution in [0.5, 0.6) is 0 Å². The van der Waals surface area contributed by atoms with E-state index < -0.39 is 0 Å². The lowest BCUT2D eigenvalue weighted by atomic mass is 10.2. The number of benzene rings is 1. The number of nitrogens with zero attached hydrogens (tertiary/aromatic N) is 3. The third kappa shape index (κ3) is 6.26. The molecule has 3 heterocycles. The maximum Gasteiger partial charge on any atom is 0.257 e. The van der Waals surface area contributed by atoms with Gasteiger partial charge in [-0.25, -0.2) is 0 Å². The molecule has 1 aliphatic rings. The van der Waals surface area contributed by atoms with Crippen LogP contribution in [0.2, 0.25) is 0 Å². The van der Waals surface area contributed by atoms with Gasteiger partial charge < -0.3 is 18.6 Å². The topological polar surface area (TPSA) is 70.1 Å². The molecular weight excluding hydrogens is 430 g/mol. The number of aryl methyl sites for hydroxylation is 1. The maximum absolute atomic E-state index is 13.1. The molecule has 0 radical (unpaired) electrons. The predicted molar refractivity (Wildman–Crippen MR) is 130 cm³/mol. The molecule has 0 bridgehead atoms. The Morgan fingerprint density at radius 3 is 2.44 bits per heavy atom. The highest BCUT2D eigenvalue weighted by atomic mass is 16.3. The Bertz CT molecular complexity index is 1080. The van der Waals surface area contributed by atoms with Crippen molar-refractivity contribution in [2.75, 3.05) is 39.3 Å². The molecule has 2 aromatic heterocycles. The van der Waals surface area contributed by atoms with Crippen molar-refractivity contribution in [1.82, 2.24) is 14.7 Å². The van der Waals surface area contributed by atoms with Crippen molar-refractivity contribution in [1.29, 1.82) is 0 Å². The van der Waals surface area contributed by atoms with Crippen molar-refractivity contribution in [2.45, 2.75) is 19.9 Å². The predicted octanol–water partition coefficient (Wildman–Crippen LogP) is 4.07. The van der Waals surface area contributed by atoms with E-state index in [4.69, 9.17) is 8.83 Å². The Balaban J connectivity index is 1.27. The molecule has 2 amide bonds. The summed E-state index contributed by atoms with van der Waals surface area (Å²) >= 11 is 0. The van der Waals surface area contributed by atoms with E-state index >= 15 is 0 Å². The molecular formula is C27H31N3O4. The van der Waals surface area contributed by atoms with Crippen molar-refractivity contribution >= 4 is 17.9 Å². The third-order valence-electron chi connectivity index (χ3n) is 6.10. The van der Waals surface area contributed by atoms with Crippen molar-refractivity contribution in [3.8, 4) is 0 Å². The van der Waals surface area contributed by atoms with Crippen LogP contribution in [-0.4, -0.2) is 65.8 Å². The highest BCUT2D eigenvalue weighted by Gasteiger charge is 2.24. The zero-order valence-electron chi connectivity index (χ0n) is 19.6. The van der Waals surface area contributed by atoms with Crippen molar-refractivity contribution in [3.05, 3.63) is 89.8 Å². The highest BCUT2D eigenvalue weighted by Crippen LogP contribution is 2.16. The lowest BCUT2D eigenvalue weighted by Crippen LogP contribution is -2.49. The quantitative estimate of drug-likeness (QED) is 0.480. The van der Waals surface area contributed by atoms with Gasteiger partial charge in [0.25, 0.3) is 5.91 Å². The summed E-state index contributed by atoms with van der Waals surface area (Å²) in [4.78, 5) is 31.9. The number of carbonyl (C=O) groups excluding carboxylic acids is 2. The van der Waals surface area contributed by atoms with Gasteiger partial charge in [0.15, 0.2) is 0 Å². The lowest BCUT2D eigenvalue weighted by molar-refractivity contribution is -0.133. The Labute approximate surface area is 200 Å². The molecule has 178 valence electrons. The number of piperazine rings is 1. The van der Waals surface area contributed by atoms with E-state index in [0.717, 1.165) is 19.6 Å². The fraction of sp³-hybridized carbons (Fsp3) is 0.333. The Morgan fingerprint density at radius 1 is 0.971 bits per heavy atom. The zero-order chi connectivity index (χ0) is 23.8. The normalized spacial score (nSPS) is 14.6. The van der Waals surface area contributed by atoms with Crippen LogP contribution >= 0.6 is 0 Å². The Morgan fingerprint density at radius 2 is 1.76 bits per heavy atom. The second-order valence-corrected chi connectivity index (χ2v) is 8.44. The van der Waals surface area contributed by atoms with Crippen LogP contribution in [0.4, 0.5) is 0 Å². The van der Waals surface area contributed by atoms with Crippen LogP contribution in [0.1, 0.15) is 33.9 Å². The molecule has 0 unspecified atom stereocenters. The fourth-order valence-corrected chi connectivity index (χ4v) is 4.09. The van der Waals surface area contributed by atoms with E-state index in [1.54, 1.807) is 30.2 Å². The summed E-state index contributed by atoms with van der Waals surface area (Å²) in [5.74, 6) is 1.16. The molecule has 0 atom stereocenters. The highest BCUT2D eigenvalue weighted by molar-refractivity contribution is 5.95. The van der Waals surface area contributed by atoms with Crippen LogP contribution < -0.4 is 0 Å². The van der Waals surface area contributed by atoms with Gasteiger partial charge >= 0.3 is 0 Å². The van der Waals surface area contributed by atoms with Gasteiger partial charge in [-0.15, -0.1) is 0 Å². The Kier molecular flexibility index (Phi) is 7.99. The van der Waals surface area contributed by atoms with Crippen molar-refractivity contribution in [2.24, 2.45) is 0 Å². The standard InChI is InChI=1S/C27H31N3O4/c1-22-25(12-20-33-22)27(32)30(21-24-10-6-19-34-24)14-11-26(31)29-17-15-28(16-18-29)13-5-9-23-7-3-2-4-8-23/h2-10,12,19-20H,11,13-18,21H2,1H3. The summed E-state index contributed by atoms with van der Waals surface area (Å²) < 4.78 is 10.7. The molecule has 0 N–H and O–H groups in total. The SMILES string of the molecule is Cc1occc1C(=O)N(CCC(=O)N1CCN(CC=Cc2ccccc2)CC1)Cc1ccco1. The van der Waals surface area contributed by atoms with Gasteiger partial charge in [0, 0.05) is 45.7 Å². The molecule has 4 rings (SSSR count). The lowest BCUT2D eigenvalue weighted by Gasteiger charge is -2.34. The first-order chi connectivity index (χ1) is 16.6. The van der Waals surface area contributed by atoms with E-state index in [0.29, 0.717) is 43.3 Å². The number of furan rings is 2. The number of hydrogen-bond donors (Lipinski definition) is 0. The van der Waals surface area contributed by atoms with Crippen molar-refractivity contribution in [3.63, 3.8) is 0 Å². The second kappa shape index (κ2) is 11.5. The Hall–Kier alpha value is -3.58. The molecule has 7 nitrogen and oxygen atoms in total. The summed E-state index contributed by atoms with van der Waals surface area (Å²) in [6.07, 6.45) is 7.66. The molecule has 1 aliphatic heterocycles. The number of amides is 2. The number of hydrogen-bond acceptors (Lipinski definition) is 5. The van der Waals surface area contributed by atoms with Gasteiger partial charge in [-0.1, -0.05) is 42.5 Å².